The van der Waals surface area contributed by atoms with Crippen molar-refractivity contribution in [2.75, 3.05) is 25.6 Å². The Bertz CT molecular complexity index is 449. The van der Waals surface area contributed by atoms with Crippen LogP contribution in [0.3, 0.4) is 0 Å². The van der Waals surface area contributed by atoms with Crippen LogP contribution < -0.4 is 9.64 Å². The first kappa shape index (κ1) is 13.7. The van der Waals surface area contributed by atoms with Crippen LogP contribution in [0.1, 0.15) is 12.8 Å². The van der Waals surface area contributed by atoms with E-state index in [9.17, 15) is 4.79 Å². The van der Waals surface area contributed by atoms with Crippen LogP contribution in [-0.4, -0.2) is 44.0 Å². The molecule has 0 aliphatic carbocycles. The van der Waals surface area contributed by atoms with Gasteiger partial charge in [-0.15, -0.1) is 0 Å². The first-order valence-corrected chi connectivity index (χ1v) is 6.34. The van der Waals surface area contributed by atoms with E-state index in [-0.39, 0.29) is 6.10 Å². The summed E-state index contributed by atoms with van der Waals surface area (Å²) in [7, 11) is 3.59. The van der Waals surface area contributed by atoms with Crippen LogP contribution in [0, 0.1) is 0 Å². The fourth-order valence-electron chi connectivity index (χ4n) is 2.37. The molecule has 0 bridgehead atoms. The summed E-state index contributed by atoms with van der Waals surface area (Å²) in [5.41, 5.74) is 0.979. The second-order valence-corrected chi connectivity index (χ2v) is 4.71. The number of nitrogens with zero attached hydrogens (tertiary/aromatic N) is 1. The van der Waals surface area contributed by atoms with Gasteiger partial charge in [-0.25, -0.2) is 4.79 Å². The minimum Gasteiger partial charge on any atom is -0.495 e. The molecule has 2 atom stereocenters. The Morgan fingerprint density at radius 3 is 2.84 bits per heavy atom. The van der Waals surface area contributed by atoms with Gasteiger partial charge in [-0.3, -0.25) is 0 Å². The first-order chi connectivity index (χ1) is 9.11. The fourth-order valence-corrected chi connectivity index (χ4v) is 2.37. The van der Waals surface area contributed by atoms with Gasteiger partial charge in [0.15, 0.2) is 6.10 Å². The third-order valence-corrected chi connectivity index (χ3v) is 3.36. The summed E-state index contributed by atoms with van der Waals surface area (Å²) < 4.78 is 10.8. The Labute approximate surface area is 112 Å². The monoisotopic (exact) mass is 265 g/mol. The fraction of sp³-hybridized carbons (Fsp3) is 0.500. The maximum absolute atomic E-state index is 10.8. The van der Waals surface area contributed by atoms with Crippen LogP contribution in [0.2, 0.25) is 0 Å². The lowest BCUT2D eigenvalue weighted by atomic mass is 10.2. The molecule has 0 radical (unpaired) electrons. The Morgan fingerprint density at radius 2 is 2.21 bits per heavy atom. The summed E-state index contributed by atoms with van der Waals surface area (Å²) in [6, 6.07) is 7.75. The van der Waals surface area contributed by atoms with Crippen LogP contribution in [0.4, 0.5) is 5.69 Å². The number of carboxylic acids is 1. The van der Waals surface area contributed by atoms with Crippen molar-refractivity contribution >= 4 is 11.7 Å². The third-order valence-electron chi connectivity index (χ3n) is 3.36. The minimum atomic E-state index is -0.873. The van der Waals surface area contributed by atoms with Gasteiger partial charge in [-0.2, -0.15) is 0 Å². The quantitative estimate of drug-likeness (QED) is 0.879. The van der Waals surface area contributed by atoms with Gasteiger partial charge in [0.25, 0.3) is 0 Å². The lowest BCUT2D eigenvalue weighted by molar-refractivity contribution is -0.149. The predicted molar refractivity (Wildman–Crippen MR) is 71.8 cm³/mol. The first-order valence-electron chi connectivity index (χ1n) is 6.34. The van der Waals surface area contributed by atoms with Gasteiger partial charge in [0.05, 0.1) is 18.9 Å². The van der Waals surface area contributed by atoms with E-state index in [0.29, 0.717) is 13.0 Å². The molecule has 2 unspecified atom stereocenters. The van der Waals surface area contributed by atoms with Crippen molar-refractivity contribution in [2.45, 2.75) is 25.0 Å². The van der Waals surface area contributed by atoms with E-state index in [1.807, 2.05) is 36.2 Å². The van der Waals surface area contributed by atoms with Crippen molar-refractivity contribution < 1.29 is 19.4 Å². The molecule has 1 heterocycles. The van der Waals surface area contributed by atoms with Gasteiger partial charge in [0, 0.05) is 13.6 Å². The van der Waals surface area contributed by atoms with Gasteiger partial charge in [-0.05, 0) is 25.0 Å². The topological polar surface area (TPSA) is 59.0 Å². The summed E-state index contributed by atoms with van der Waals surface area (Å²) >= 11 is 0. The largest absolute Gasteiger partial charge is 0.495 e. The molecule has 5 nitrogen and oxygen atoms in total. The molecule has 1 aliphatic rings. The van der Waals surface area contributed by atoms with Crippen molar-refractivity contribution in [3.05, 3.63) is 24.3 Å². The van der Waals surface area contributed by atoms with E-state index >= 15 is 0 Å². The number of para-hydroxylation sites is 2. The molecule has 104 valence electrons. The number of benzene rings is 1. The van der Waals surface area contributed by atoms with E-state index in [1.54, 1.807) is 7.11 Å². The van der Waals surface area contributed by atoms with Gasteiger partial charge in [0.2, 0.25) is 0 Å². The lowest BCUT2D eigenvalue weighted by Gasteiger charge is -2.24. The van der Waals surface area contributed by atoms with Crippen molar-refractivity contribution in [1.82, 2.24) is 0 Å². The molecule has 1 aromatic carbocycles. The summed E-state index contributed by atoms with van der Waals surface area (Å²) in [4.78, 5) is 12.9. The van der Waals surface area contributed by atoms with E-state index in [1.165, 1.54) is 0 Å². The molecule has 0 aromatic heterocycles. The summed E-state index contributed by atoms with van der Waals surface area (Å²) in [6.45, 7) is 0.657. The number of carbonyl (C=O) groups is 1. The molecule has 1 fully saturated rings. The Balaban J connectivity index is 1.98. The number of anilines is 1. The Morgan fingerprint density at radius 1 is 1.47 bits per heavy atom. The van der Waals surface area contributed by atoms with E-state index < -0.39 is 12.1 Å². The van der Waals surface area contributed by atoms with Crippen molar-refractivity contribution in [2.24, 2.45) is 0 Å². The molecule has 0 spiro atoms. The molecule has 19 heavy (non-hydrogen) atoms. The molecular weight excluding hydrogens is 246 g/mol. The van der Waals surface area contributed by atoms with Crippen molar-refractivity contribution in [1.29, 1.82) is 0 Å². The Hall–Kier alpha value is -1.75. The minimum absolute atomic E-state index is 0.0454. The van der Waals surface area contributed by atoms with Crippen LogP contribution in [0.25, 0.3) is 0 Å². The average Bonchev–Trinajstić information content (AvgIpc) is 2.87. The number of rotatable bonds is 5. The highest BCUT2D eigenvalue weighted by atomic mass is 16.5. The zero-order chi connectivity index (χ0) is 13.8. The lowest BCUT2D eigenvalue weighted by Crippen LogP contribution is -2.30. The molecule has 0 saturated carbocycles. The van der Waals surface area contributed by atoms with Crippen LogP contribution in [-0.2, 0) is 9.53 Å². The van der Waals surface area contributed by atoms with Gasteiger partial charge in [-0.1, -0.05) is 12.1 Å². The molecule has 0 amide bonds. The Kier molecular flexibility index (Phi) is 4.27. The zero-order valence-corrected chi connectivity index (χ0v) is 11.2. The van der Waals surface area contributed by atoms with Crippen molar-refractivity contribution in [3.63, 3.8) is 0 Å². The smallest absolute Gasteiger partial charge is 0.332 e. The van der Waals surface area contributed by atoms with Crippen LogP contribution in [0.15, 0.2) is 24.3 Å². The number of methoxy groups -OCH3 is 1. The maximum Gasteiger partial charge on any atom is 0.332 e. The zero-order valence-electron chi connectivity index (χ0n) is 11.2. The normalized spacial score (nSPS) is 22.2. The van der Waals surface area contributed by atoms with Gasteiger partial charge >= 0.3 is 5.97 Å². The summed E-state index contributed by atoms with van der Waals surface area (Å²) in [5.74, 6) is -0.0692. The number of aliphatic carboxylic acids is 1. The highest BCUT2D eigenvalue weighted by Crippen LogP contribution is 2.28. The number of hydrogen-bond acceptors (Lipinski definition) is 4. The average molecular weight is 265 g/mol. The number of carboxylic acid groups (broad SMARTS) is 1. The molecule has 1 aliphatic heterocycles. The summed E-state index contributed by atoms with van der Waals surface area (Å²) in [6.07, 6.45) is 0.656. The second-order valence-electron chi connectivity index (χ2n) is 4.71. The standard InChI is InChI=1S/C14H19NO4/c1-15(11-5-3-4-6-12(11)18-2)9-10-7-8-13(19-10)14(16)17/h3-6,10,13H,7-9H2,1-2H3,(H,16,17). The van der Waals surface area contributed by atoms with E-state index in [2.05, 4.69) is 0 Å². The SMILES string of the molecule is COc1ccccc1N(C)CC1CCC(C(=O)O)O1. The maximum atomic E-state index is 10.8. The highest BCUT2D eigenvalue weighted by Gasteiger charge is 2.31. The third kappa shape index (κ3) is 3.17. The predicted octanol–water partition coefficient (Wildman–Crippen LogP) is 1.76. The number of hydrogen-bond donors (Lipinski definition) is 1. The second kappa shape index (κ2) is 5.93. The summed E-state index contributed by atoms with van der Waals surface area (Å²) in [5, 5.41) is 8.91. The van der Waals surface area contributed by atoms with Crippen molar-refractivity contribution in [3.8, 4) is 5.75 Å². The van der Waals surface area contributed by atoms with Gasteiger partial charge in [0.1, 0.15) is 5.75 Å². The van der Waals surface area contributed by atoms with Gasteiger partial charge < -0.3 is 19.5 Å². The van der Waals surface area contributed by atoms with E-state index in [4.69, 9.17) is 14.6 Å². The molecule has 5 heteroatoms. The molecule has 1 N–H and O–H groups in total. The molecule has 1 aromatic rings. The highest BCUT2D eigenvalue weighted by molar-refractivity contribution is 5.72. The molecular formula is C14H19NO4. The number of likely N-dealkylation sites (N-methyl/N-ethyl adjacent to an activating group) is 1. The number of ether oxygens (including phenoxy) is 2. The molecule has 2 rings (SSSR count). The van der Waals surface area contributed by atoms with E-state index in [0.717, 1.165) is 17.9 Å². The molecule has 1 saturated heterocycles. The van der Waals surface area contributed by atoms with Crippen LogP contribution >= 0.6 is 0 Å². The van der Waals surface area contributed by atoms with Crippen LogP contribution in [0.5, 0.6) is 5.75 Å².